The van der Waals surface area contributed by atoms with E-state index in [2.05, 4.69) is 10.6 Å². The smallest absolute Gasteiger partial charge is 0.416 e. The highest BCUT2D eigenvalue weighted by atomic mass is 35.5. The summed E-state index contributed by atoms with van der Waals surface area (Å²) < 4.78 is 52.2. The van der Waals surface area contributed by atoms with Crippen LogP contribution in [0, 0.1) is 0 Å². The summed E-state index contributed by atoms with van der Waals surface area (Å²) in [7, 11) is 1.46. The summed E-state index contributed by atoms with van der Waals surface area (Å²) >= 11 is 12.2. The van der Waals surface area contributed by atoms with Gasteiger partial charge in [-0.05, 0) is 35.9 Å². The number of hydrogen-bond donors (Lipinski definition) is 2. The molecule has 0 saturated carbocycles. The number of nitrogens with one attached hydrogen (secondary N) is 2. The molecule has 0 aromatic heterocycles. The van der Waals surface area contributed by atoms with Gasteiger partial charge in [-0.25, -0.2) is 0 Å². The zero-order valence-corrected chi connectivity index (χ0v) is 23.7. The van der Waals surface area contributed by atoms with Gasteiger partial charge in [0.1, 0.15) is 24.4 Å². The summed E-state index contributed by atoms with van der Waals surface area (Å²) in [6, 6.07) is 12.7. The van der Waals surface area contributed by atoms with Gasteiger partial charge < -0.3 is 25.0 Å². The number of methoxy groups -OCH3 is 1. The van der Waals surface area contributed by atoms with E-state index in [1.54, 1.807) is 24.3 Å². The van der Waals surface area contributed by atoms with E-state index in [0.717, 1.165) is 6.07 Å². The zero-order valence-electron chi connectivity index (χ0n) is 22.2. The van der Waals surface area contributed by atoms with Crippen molar-refractivity contribution in [3.63, 3.8) is 0 Å². The molecule has 1 aliphatic heterocycles. The van der Waals surface area contributed by atoms with E-state index in [4.69, 9.17) is 32.7 Å². The maximum absolute atomic E-state index is 13.8. The SMILES string of the molecule is COCCN1C(=O)[C@H](NC(=O)[C@@H](Cc2ccccc2C(F)(F)F)NC(=O)c2ccccc2Cl)COc2cc(Cl)ccc21. The van der Waals surface area contributed by atoms with Crippen molar-refractivity contribution in [2.24, 2.45) is 0 Å². The monoisotopic (exact) mass is 623 g/mol. The van der Waals surface area contributed by atoms with Crippen LogP contribution >= 0.6 is 23.2 Å². The van der Waals surface area contributed by atoms with Crippen molar-refractivity contribution in [2.45, 2.75) is 24.7 Å². The molecular formula is C29H26Cl2F3N3O5. The van der Waals surface area contributed by atoms with E-state index in [1.165, 1.54) is 48.4 Å². The van der Waals surface area contributed by atoms with Crippen LogP contribution in [0.5, 0.6) is 5.75 Å². The Morgan fingerprint density at radius 1 is 1.10 bits per heavy atom. The molecule has 13 heteroatoms. The van der Waals surface area contributed by atoms with E-state index in [9.17, 15) is 27.6 Å². The van der Waals surface area contributed by atoms with Crippen LogP contribution in [0.25, 0.3) is 0 Å². The van der Waals surface area contributed by atoms with Gasteiger partial charge >= 0.3 is 6.18 Å². The van der Waals surface area contributed by atoms with Gasteiger partial charge in [0.05, 0.1) is 28.4 Å². The summed E-state index contributed by atoms with van der Waals surface area (Å²) in [6.45, 7) is -0.0176. The predicted molar refractivity (Wildman–Crippen MR) is 151 cm³/mol. The van der Waals surface area contributed by atoms with Crippen LogP contribution in [0.4, 0.5) is 18.9 Å². The van der Waals surface area contributed by atoms with E-state index in [1.807, 2.05) is 0 Å². The van der Waals surface area contributed by atoms with Crippen molar-refractivity contribution in [3.05, 3.63) is 93.5 Å². The topological polar surface area (TPSA) is 97.0 Å². The van der Waals surface area contributed by atoms with Crippen LogP contribution in [0.15, 0.2) is 66.7 Å². The number of benzene rings is 3. The van der Waals surface area contributed by atoms with Crippen molar-refractivity contribution >= 4 is 46.6 Å². The van der Waals surface area contributed by atoms with Gasteiger partial charge in [0.25, 0.3) is 11.8 Å². The number of nitrogens with zero attached hydrogens (tertiary/aromatic N) is 1. The molecule has 2 atom stereocenters. The third-order valence-electron chi connectivity index (χ3n) is 6.50. The Morgan fingerprint density at radius 2 is 1.81 bits per heavy atom. The Bertz CT molecular complexity index is 1470. The van der Waals surface area contributed by atoms with Gasteiger partial charge in [-0.1, -0.05) is 53.5 Å². The highest BCUT2D eigenvalue weighted by Gasteiger charge is 2.37. The van der Waals surface area contributed by atoms with Crippen molar-refractivity contribution in [3.8, 4) is 5.75 Å². The van der Waals surface area contributed by atoms with E-state index in [0.29, 0.717) is 16.5 Å². The summed E-state index contributed by atoms with van der Waals surface area (Å²) in [4.78, 5) is 41.7. The zero-order chi connectivity index (χ0) is 30.4. The second kappa shape index (κ2) is 13.5. The molecule has 2 N–H and O–H groups in total. The average molecular weight is 624 g/mol. The summed E-state index contributed by atoms with van der Waals surface area (Å²) in [6.07, 6.45) is -5.23. The van der Waals surface area contributed by atoms with Crippen LogP contribution < -0.4 is 20.3 Å². The van der Waals surface area contributed by atoms with Gasteiger partial charge in [-0.15, -0.1) is 0 Å². The molecule has 4 rings (SSSR count). The Hall–Kier alpha value is -3.80. The molecule has 3 aromatic carbocycles. The minimum absolute atomic E-state index is 0.0213. The molecule has 3 aromatic rings. The number of carbonyl (C=O) groups is 3. The fraction of sp³-hybridized carbons (Fsp3) is 0.276. The molecule has 3 amide bonds. The lowest BCUT2D eigenvalue weighted by Gasteiger charge is -2.26. The second-order valence-corrected chi connectivity index (χ2v) is 10.2. The number of alkyl halides is 3. The summed E-state index contributed by atoms with van der Waals surface area (Å²) in [5, 5.41) is 5.49. The lowest BCUT2D eigenvalue weighted by Crippen LogP contribution is -2.56. The first-order valence-corrected chi connectivity index (χ1v) is 13.5. The van der Waals surface area contributed by atoms with Crippen LogP contribution in [-0.4, -0.2) is 56.7 Å². The Labute approximate surface area is 249 Å². The predicted octanol–water partition coefficient (Wildman–Crippen LogP) is 4.91. The quantitative estimate of drug-likeness (QED) is 0.353. The lowest BCUT2D eigenvalue weighted by atomic mass is 9.98. The van der Waals surface area contributed by atoms with Gasteiger partial charge in [0.15, 0.2) is 0 Å². The average Bonchev–Trinajstić information content (AvgIpc) is 3.07. The van der Waals surface area contributed by atoms with Crippen molar-refractivity contribution in [1.29, 1.82) is 0 Å². The van der Waals surface area contributed by atoms with E-state index in [-0.39, 0.29) is 35.9 Å². The Balaban J connectivity index is 1.64. The molecule has 42 heavy (non-hydrogen) atoms. The maximum atomic E-state index is 13.8. The summed E-state index contributed by atoms with van der Waals surface area (Å²) in [5.74, 6) is -1.93. The third kappa shape index (κ3) is 7.33. The van der Waals surface area contributed by atoms with Crippen LogP contribution in [0.3, 0.4) is 0 Å². The first-order valence-electron chi connectivity index (χ1n) is 12.7. The molecule has 0 radical (unpaired) electrons. The van der Waals surface area contributed by atoms with Gasteiger partial charge in [-0.3, -0.25) is 14.4 Å². The Kier molecular flexibility index (Phi) is 9.97. The van der Waals surface area contributed by atoms with Crippen LogP contribution in [0.1, 0.15) is 21.5 Å². The largest absolute Gasteiger partial charge is 0.489 e. The number of fused-ring (bicyclic) bond motifs is 1. The van der Waals surface area contributed by atoms with Gasteiger partial charge in [0.2, 0.25) is 5.91 Å². The van der Waals surface area contributed by atoms with Gasteiger partial charge in [0, 0.05) is 31.2 Å². The molecule has 0 unspecified atom stereocenters. The second-order valence-electron chi connectivity index (χ2n) is 9.33. The normalized spacial score (nSPS) is 15.7. The molecule has 8 nitrogen and oxygen atoms in total. The molecule has 0 aliphatic carbocycles. The van der Waals surface area contributed by atoms with Crippen molar-refractivity contribution < 1.29 is 37.0 Å². The molecule has 222 valence electrons. The van der Waals surface area contributed by atoms with Gasteiger partial charge in [-0.2, -0.15) is 13.2 Å². The number of anilines is 1. The fourth-order valence-electron chi connectivity index (χ4n) is 4.45. The number of halogens is 5. The summed E-state index contributed by atoms with van der Waals surface area (Å²) in [5.41, 5.74) is -0.757. The fourth-order valence-corrected chi connectivity index (χ4v) is 4.84. The minimum atomic E-state index is -4.70. The van der Waals surface area contributed by atoms with E-state index < -0.39 is 48.0 Å². The molecule has 1 aliphatic rings. The maximum Gasteiger partial charge on any atom is 0.416 e. The molecule has 0 fully saturated rings. The number of rotatable bonds is 9. The van der Waals surface area contributed by atoms with Crippen LogP contribution in [0.2, 0.25) is 10.0 Å². The Morgan fingerprint density at radius 3 is 2.52 bits per heavy atom. The minimum Gasteiger partial charge on any atom is -0.489 e. The highest BCUT2D eigenvalue weighted by molar-refractivity contribution is 6.33. The first-order chi connectivity index (χ1) is 20.0. The standard InChI is InChI=1S/C29H26Cl2F3N3O5/c1-41-13-12-37-24-11-10-18(30)15-25(24)42-16-23(28(37)40)36-27(39)22(35-26(38)19-7-3-5-9-21(19)31)14-17-6-2-4-8-20(17)29(32,33)34/h2-11,15,22-23H,12-14,16H2,1H3,(H,35,38)(H,36,39)/t22-,23-/m1/s1. The number of amides is 3. The number of hydrogen-bond acceptors (Lipinski definition) is 5. The number of ether oxygens (including phenoxy) is 2. The van der Waals surface area contributed by atoms with E-state index >= 15 is 0 Å². The van der Waals surface area contributed by atoms with Crippen LogP contribution in [-0.2, 0) is 26.9 Å². The van der Waals surface area contributed by atoms with Crippen molar-refractivity contribution in [2.75, 3.05) is 31.8 Å². The highest BCUT2D eigenvalue weighted by Crippen LogP contribution is 2.34. The molecular weight excluding hydrogens is 598 g/mol. The molecule has 0 saturated heterocycles. The first kappa shape index (κ1) is 31.1. The third-order valence-corrected chi connectivity index (χ3v) is 7.07. The lowest BCUT2D eigenvalue weighted by molar-refractivity contribution is -0.138. The molecule has 1 heterocycles. The number of carbonyl (C=O) groups excluding carboxylic acids is 3. The molecule has 0 bridgehead atoms. The molecule has 0 spiro atoms. The van der Waals surface area contributed by atoms with Crippen molar-refractivity contribution in [1.82, 2.24) is 10.6 Å².